The molecule has 0 radical (unpaired) electrons. The molecule has 0 atom stereocenters. The number of halogens is 1. The zero-order valence-electron chi connectivity index (χ0n) is 37.2. The Hall–Kier alpha value is -5.25. The number of benzene rings is 4. The Labute approximate surface area is 361 Å². The van der Waals surface area contributed by atoms with Crippen molar-refractivity contribution in [3.63, 3.8) is 0 Å². The van der Waals surface area contributed by atoms with Gasteiger partial charge in [0.15, 0.2) is 0 Å². The van der Waals surface area contributed by atoms with Crippen molar-refractivity contribution in [1.29, 1.82) is 0 Å². The average molecular weight is 837 g/mol. The maximum absolute atomic E-state index is 12.7. The van der Waals surface area contributed by atoms with Gasteiger partial charge in [0.1, 0.15) is 11.4 Å². The fourth-order valence-electron chi connectivity index (χ4n) is 8.53. The molecule has 2 aliphatic rings. The van der Waals surface area contributed by atoms with Crippen LogP contribution in [0.1, 0.15) is 145 Å². The quantitative estimate of drug-likeness (QED) is 0.0376. The first-order valence-corrected chi connectivity index (χ1v) is 21.4. The summed E-state index contributed by atoms with van der Waals surface area (Å²) in [6.45, 7) is 24.5. The number of hydrogen-bond acceptors (Lipinski definition) is 9. The van der Waals surface area contributed by atoms with Crippen molar-refractivity contribution in [2.24, 2.45) is 10.3 Å². The summed E-state index contributed by atoms with van der Waals surface area (Å²) in [7, 11) is 0. The molecule has 10 heteroatoms. The fraction of sp³-hybridized carbons (Fsp3) is 0.400. The fourth-order valence-corrected chi connectivity index (χ4v) is 8.53. The van der Waals surface area contributed by atoms with Crippen LogP contribution < -0.4 is 0 Å². The molecule has 0 amide bonds. The molecule has 0 saturated heterocycles. The molecule has 60 heavy (non-hydrogen) atoms. The Bertz CT molecular complexity index is 2200. The summed E-state index contributed by atoms with van der Waals surface area (Å²) in [5, 5.41) is 15.2. The van der Waals surface area contributed by atoms with E-state index in [9.17, 15) is 19.2 Å². The molecule has 0 bridgehead atoms. The standard InChI is InChI=1S/C22H23NO3.C20H21NO2.C6H15N.C2H3ClO/c1-5-22(6-2)19-10-8-7-9-17(19)18-12-11-16(13-20(18)22)21(25)14(3)23-26-15(4)24;1-4-20(5-2)17-9-7-6-8-15(17)16-11-10-14(12-18(16)20)19(22)13(3)21-23;1-4-7(5-2)6-3;1-2(3)4/h7-13H,5-6H2,1-4H3;6-12,23H,4-5H2,1-3H3;4-6H2,1-3H3;1H3/b23-14-;21-13-;;. The molecule has 0 fully saturated rings. The number of fused-ring (bicyclic) bond motifs is 6. The van der Waals surface area contributed by atoms with E-state index < -0.39 is 5.97 Å². The van der Waals surface area contributed by atoms with E-state index in [2.05, 4.69) is 129 Å². The first kappa shape index (κ1) is 49.1. The van der Waals surface area contributed by atoms with Crippen molar-refractivity contribution in [2.75, 3.05) is 19.6 Å². The number of oxime groups is 2. The summed E-state index contributed by atoms with van der Waals surface area (Å²) in [6, 6.07) is 28.6. The molecule has 4 aromatic carbocycles. The van der Waals surface area contributed by atoms with Gasteiger partial charge in [-0.15, -0.1) is 0 Å². The first-order valence-electron chi connectivity index (χ1n) is 21.0. The third-order valence-electron chi connectivity index (χ3n) is 11.9. The molecular weight excluding hydrogens is 774 g/mol. The van der Waals surface area contributed by atoms with E-state index in [0.717, 1.165) is 25.7 Å². The van der Waals surface area contributed by atoms with E-state index in [1.165, 1.54) is 84.9 Å². The highest BCUT2D eigenvalue weighted by Gasteiger charge is 2.42. The minimum atomic E-state index is -0.544. The molecular formula is C50H62ClN3O6. The highest BCUT2D eigenvalue weighted by atomic mass is 35.5. The second-order valence-corrected chi connectivity index (χ2v) is 15.4. The van der Waals surface area contributed by atoms with Gasteiger partial charge in [0.25, 0.3) is 0 Å². The van der Waals surface area contributed by atoms with Gasteiger partial charge in [-0.05, 0) is 127 Å². The number of carbonyl (C=O) groups excluding carboxylic acids is 4. The zero-order chi connectivity index (χ0) is 44.8. The SMILES string of the molecule is CC(=O)Cl.CCC1(CC)c2ccccc2-c2ccc(C(=O)/C(C)=N\O)cc21.CCC1(CC)c2ccccc2-c2ccc(C(=O)/C(C)=N\OC(C)=O)cc21.CCN(CC)CC. The second-order valence-electron chi connectivity index (χ2n) is 14.9. The smallest absolute Gasteiger partial charge is 0.331 e. The highest BCUT2D eigenvalue weighted by molar-refractivity contribution is 6.62. The molecule has 0 aliphatic heterocycles. The number of Topliss-reactive ketones (excluding diaryl/α,β-unsaturated/α-hetero) is 2. The van der Waals surface area contributed by atoms with Gasteiger partial charge in [-0.1, -0.05) is 132 Å². The lowest BCUT2D eigenvalue weighted by molar-refractivity contribution is -0.140. The zero-order valence-corrected chi connectivity index (χ0v) is 38.0. The summed E-state index contributed by atoms with van der Waals surface area (Å²) in [6.07, 6.45) is 3.90. The molecule has 6 rings (SSSR count). The topological polar surface area (TPSA) is 126 Å². The molecule has 0 heterocycles. The molecule has 0 aromatic heterocycles. The third kappa shape index (κ3) is 10.5. The van der Waals surface area contributed by atoms with Gasteiger partial charge in [0, 0.05) is 35.8 Å². The van der Waals surface area contributed by atoms with Crippen molar-refractivity contribution in [1.82, 2.24) is 4.90 Å². The van der Waals surface area contributed by atoms with Crippen LogP contribution in [0.5, 0.6) is 0 Å². The molecule has 4 aromatic rings. The van der Waals surface area contributed by atoms with Gasteiger partial charge < -0.3 is 14.9 Å². The third-order valence-corrected chi connectivity index (χ3v) is 11.9. The van der Waals surface area contributed by atoms with Crippen molar-refractivity contribution in [2.45, 2.75) is 113 Å². The Morgan fingerprint density at radius 1 is 0.567 bits per heavy atom. The van der Waals surface area contributed by atoms with E-state index in [-0.39, 0.29) is 39.1 Å². The molecule has 1 N–H and O–H groups in total. The number of hydrogen-bond donors (Lipinski definition) is 1. The van der Waals surface area contributed by atoms with Gasteiger partial charge in [-0.2, -0.15) is 0 Å². The van der Waals surface area contributed by atoms with Crippen LogP contribution in [0.3, 0.4) is 0 Å². The average Bonchev–Trinajstić information content (AvgIpc) is 3.71. The van der Waals surface area contributed by atoms with E-state index in [0.29, 0.717) is 11.1 Å². The van der Waals surface area contributed by atoms with E-state index in [1.54, 1.807) is 6.92 Å². The maximum Gasteiger partial charge on any atom is 0.331 e. The van der Waals surface area contributed by atoms with Gasteiger partial charge in [-0.25, -0.2) is 4.79 Å². The van der Waals surface area contributed by atoms with Gasteiger partial charge in [-0.3, -0.25) is 14.4 Å². The van der Waals surface area contributed by atoms with Gasteiger partial charge in [0.2, 0.25) is 16.8 Å². The summed E-state index contributed by atoms with van der Waals surface area (Å²) in [5.41, 5.74) is 11.3. The first-order chi connectivity index (χ1) is 28.6. The van der Waals surface area contributed by atoms with Crippen LogP contribution in [0.4, 0.5) is 0 Å². The van der Waals surface area contributed by atoms with E-state index in [1.807, 2.05) is 36.4 Å². The number of nitrogens with zero attached hydrogens (tertiary/aromatic N) is 3. The monoisotopic (exact) mass is 835 g/mol. The van der Waals surface area contributed by atoms with Gasteiger partial charge in [0.05, 0.1) is 0 Å². The van der Waals surface area contributed by atoms with Crippen molar-refractivity contribution >= 4 is 45.8 Å². The lowest BCUT2D eigenvalue weighted by Crippen LogP contribution is -2.23. The Morgan fingerprint density at radius 2 is 0.917 bits per heavy atom. The summed E-state index contributed by atoms with van der Waals surface area (Å²) < 4.78 is 0. The molecule has 9 nitrogen and oxygen atoms in total. The maximum atomic E-state index is 12.7. The molecule has 0 unspecified atom stereocenters. The minimum absolute atomic E-state index is 0.0491. The summed E-state index contributed by atoms with van der Waals surface area (Å²) in [5.74, 6) is -1.00. The van der Waals surface area contributed by atoms with E-state index >= 15 is 0 Å². The summed E-state index contributed by atoms with van der Waals surface area (Å²) in [4.78, 5) is 52.1. The largest absolute Gasteiger partial charge is 0.411 e. The molecule has 2 aliphatic carbocycles. The summed E-state index contributed by atoms with van der Waals surface area (Å²) >= 11 is 4.64. The van der Waals surface area contributed by atoms with Crippen LogP contribution in [0.15, 0.2) is 95.2 Å². The van der Waals surface area contributed by atoms with Crippen molar-refractivity contribution < 1.29 is 29.2 Å². The Balaban J connectivity index is 0.000000258. The van der Waals surface area contributed by atoms with E-state index in [4.69, 9.17) is 5.21 Å². The normalized spacial score (nSPS) is 13.8. The minimum Gasteiger partial charge on any atom is -0.411 e. The van der Waals surface area contributed by atoms with Gasteiger partial charge >= 0.3 is 5.97 Å². The van der Waals surface area contributed by atoms with Crippen LogP contribution >= 0.6 is 11.6 Å². The highest BCUT2D eigenvalue weighted by Crippen LogP contribution is 2.54. The second kappa shape index (κ2) is 22.4. The van der Waals surface area contributed by atoms with Crippen molar-refractivity contribution in [3.8, 4) is 22.3 Å². The predicted molar refractivity (Wildman–Crippen MR) is 245 cm³/mol. The molecule has 320 valence electrons. The van der Waals surface area contributed by atoms with Crippen molar-refractivity contribution in [3.05, 3.63) is 118 Å². The Kier molecular flexibility index (Phi) is 18.3. The predicted octanol–water partition coefficient (Wildman–Crippen LogP) is 11.8. The Morgan fingerprint density at radius 3 is 1.23 bits per heavy atom. The van der Waals surface area contributed by atoms with Crippen LogP contribution in [0.25, 0.3) is 22.3 Å². The lowest BCUT2D eigenvalue weighted by Gasteiger charge is -2.29. The number of rotatable bonds is 12. The van der Waals surface area contributed by atoms with Crippen LogP contribution in [-0.2, 0) is 25.3 Å². The number of ketones is 2. The number of carbonyl (C=O) groups is 4. The molecule has 0 spiro atoms. The lowest BCUT2D eigenvalue weighted by atomic mass is 9.73. The van der Waals surface area contributed by atoms with Crippen LogP contribution in [0.2, 0.25) is 0 Å². The van der Waals surface area contributed by atoms with Crippen LogP contribution in [-0.4, -0.2) is 63.9 Å². The molecule has 0 saturated carbocycles. The van der Waals surface area contributed by atoms with Crippen LogP contribution in [0, 0.1) is 0 Å².